The van der Waals surface area contributed by atoms with Gasteiger partial charge in [-0.05, 0) is 12.8 Å². The average Bonchev–Trinajstić information content (AvgIpc) is 2.39. The molecule has 1 saturated carbocycles. The zero-order valence-corrected chi connectivity index (χ0v) is 10.4. The molecule has 0 aliphatic heterocycles. The van der Waals surface area contributed by atoms with Crippen molar-refractivity contribution in [2.24, 2.45) is 0 Å². The minimum atomic E-state index is 0.473. The molecule has 1 heterocycles. The first-order valence-corrected chi connectivity index (χ1v) is 6.05. The number of aromatic nitrogens is 2. The highest BCUT2D eigenvalue weighted by molar-refractivity contribution is 5.34. The van der Waals surface area contributed by atoms with Crippen LogP contribution in [0.5, 0.6) is 11.8 Å². The van der Waals surface area contributed by atoms with Gasteiger partial charge in [0.2, 0.25) is 17.7 Å². The van der Waals surface area contributed by atoms with Crippen LogP contribution in [0.15, 0.2) is 6.07 Å². The Morgan fingerprint density at radius 3 is 2.18 bits per heavy atom. The standard InChI is InChI=1S/C12H19N3O2/c1-16-10-8-11(17-2)15-12(14-10)13-9-6-4-3-5-7-9/h8-9H,3-7H2,1-2H3,(H,13,14,15). The number of nitrogens with zero attached hydrogens (tertiary/aromatic N) is 2. The van der Waals surface area contributed by atoms with Crippen LogP contribution in [0.2, 0.25) is 0 Å². The van der Waals surface area contributed by atoms with Crippen LogP contribution in [-0.4, -0.2) is 30.2 Å². The van der Waals surface area contributed by atoms with Gasteiger partial charge in [0.05, 0.1) is 20.3 Å². The predicted molar refractivity (Wildman–Crippen MR) is 65.6 cm³/mol. The third-order valence-electron chi connectivity index (χ3n) is 3.04. The Bertz CT molecular complexity index is 343. The summed E-state index contributed by atoms with van der Waals surface area (Å²) in [6.07, 6.45) is 6.25. The summed E-state index contributed by atoms with van der Waals surface area (Å²) < 4.78 is 10.2. The van der Waals surface area contributed by atoms with Gasteiger partial charge in [0.25, 0.3) is 0 Å². The Labute approximate surface area is 102 Å². The molecule has 17 heavy (non-hydrogen) atoms. The van der Waals surface area contributed by atoms with Gasteiger partial charge < -0.3 is 14.8 Å². The second-order valence-corrected chi connectivity index (χ2v) is 4.26. The first-order valence-electron chi connectivity index (χ1n) is 6.05. The molecule has 5 nitrogen and oxygen atoms in total. The van der Waals surface area contributed by atoms with Crippen LogP contribution >= 0.6 is 0 Å². The Kier molecular flexibility index (Phi) is 4.01. The zero-order valence-electron chi connectivity index (χ0n) is 10.4. The normalized spacial score (nSPS) is 16.6. The van der Waals surface area contributed by atoms with E-state index in [-0.39, 0.29) is 0 Å². The van der Waals surface area contributed by atoms with Gasteiger partial charge >= 0.3 is 0 Å². The van der Waals surface area contributed by atoms with E-state index >= 15 is 0 Å². The quantitative estimate of drug-likeness (QED) is 0.870. The number of ether oxygens (including phenoxy) is 2. The van der Waals surface area contributed by atoms with Crippen molar-refractivity contribution in [3.63, 3.8) is 0 Å². The summed E-state index contributed by atoms with van der Waals surface area (Å²) in [6.45, 7) is 0. The van der Waals surface area contributed by atoms with Gasteiger partial charge in [0.1, 0.15) is 0 Å². The van der Waals surface area contributed by atoms with Crippen LogP contribution in [0, 0.1) is 0 Å². The molecule has 1 aliphatic carbocycles. The van der Waals surface area contributed by atoms with Crippen molar-refractivity contribution in [2.45, 2.75) is 38.1 Å². The second kappa shape index (κ2) is 5.70. The SMILES string of the molecule is COc1cc(OC)nc(NC2CCCCC2)n1. The highest BCUT2D eigenvalue weighted by Gasteiger charge is 2.15. The smallest absolute Gasteiger partial charge is 0.229 e. The zero-order chi connectivity index (χ0) is 12.1. The summed E-state index contributed by atoms with van der Waals surface area (Å²) in [7, 11) is 3.18. The summed E-state index contributed by atoms with van der Waals surface area (Å²) in [5.74, 6) is 1.64. The van der Waals surface area contributed by atoms with E-state index in [4.69, 9.17) is 9.47 Å². The molecular weight excluding hydrogens is 218 g/mol. The minimum Gasteiger partial charge on any atom is -0.481 e. The molecule has 1 aliphatic rings. The molecule has 0 unspecified atom stereocenters. The summed E-state index contributed by atoms with van der Waals surface area (Å²) >= 11 is 0. The van der Waals surface area contributed by atoms with Crippen molar-refractivity contribution in [3.8, 4) is 11.8 Å². The first-order chi connectivity index (χ1) is 8.31. The Morgan fingerprint density at radius 2 is 1.65 bits per heavy atom. The van der Waals surface area contributed by atoms with Crippen molar-refractivity contribution in [1.82, 2.24) is 9.97 Å². The number of methoxy groups -OCH3 is 2. The molecule has 1 aromatic rings. The topological polar surface area (TPSA) is 56.3 Å². The molecule has 94 valence electrons. The number of hydrogen-bond donors (Lipinski definition) is 1. The molecule has 1 aromatic heterocycles. The van der Waals surface area contributed by atoms with Crippen LogP contribution in [0.1, 0.15) is 32.1 Å². The molecule has 1 fully saturated rings. The fraction of sp³-hybridized carbons (Fsp3) is 0.667. The van der Waals surface area contributed by atoms with E-state index in [1.165, 1.54) is 32.1 Å². The molecule has 2 rings (SSSR count). The molecule has 0 atom stereocenters. The number of rotatable bonds is 4. The molecule has 0 amide bonds. The number of nitrogens with one attached hydrogen (secondary N) is 1. The van der Waals surface area contributed by atoms with Crippen LogP contribution in [0.25, 0.3) is 0 Å². The molecule has 0 bridgehead atoms. The lowest BCUT2D eigenvalue weighted by Gasteiger charge is -2.22. The highest BCUT2D eigenvalue weighted by Crippen LogP contribution is 2.22. The van der Waals surface area contributed by atoms with Crippen molar-refractivity contribution in [3.05, 3.63) is 6.07 Å². The number of anilines is 1. The van der Waals surface area contributed by atoms with Crippen LogP contribution in [0.4, 0.5) is 5.95 Å². The van der Waals surface area contributed by atoms with E-state index < -0.39 is 0 Å². The van der Waals surface area contributed by atoms with E-state index in [0.29, 0.717) is 23.8 Å². The van der Waals surface area contributed by atoms with Gasteiger partial charge in [-0.1, -0.05) is 19.3 Å². The third kappa shape index (κ3) is 3.22. The number of hydrogen-bond acceptors (Lipinski definition) is 5. The second-order valence-electron chi connectivity index (χ2n) is 4.26. The maximum Gasteiger partial charge on any atom is 0.229 e. The molecule has 0 saturated heterocycles. The van der Waals surface area contributed by atoms with E-state index in [0.717, 1.165) is 0 Å². The van der Waals surface area contributed by atoms with E-state index in [1.54, 1.807) is 20.3 Å². The predicted octanol–water partition coefficient (Wildman–Crippen LogP) is 2.24. The van der Waals surface area contributed by atoms with E-state index in [2.05, 4.69) is 15.3 Å². The minimum absolute atomic E-state index is 0.473. The Morgan fingerprint density at radius 1 is 1.06 bits per heavy atom. The summed E-state index contributed by atoms with van der Waals surface area (Å²) in [5.41, 5.74) is 0. The molecule has 1 N–H and O–H groups in total. The fourth-order valence-corrected chi connectivity index (χ4v) is 2.11. The first kappa shape index (κ1) is 12.0. The summed E-state index contributed by atoms with van der Waals surface area (Å²) in [4.78, 5) is 8.54. The van der Waals surface area contributed by atoms with Gasteiger partial charge in [0, 0.05) is 6.04 Å². The van der Waals surface area contributed by atoms with Crippen molar-refractivity contribution in [1.29, 1.82) is 0 Å². The molecule has 0 spiro atoms. The third-order valence-corrected chi connectivity index (χ3v) is 3.04. The maximum absolute atomic E-state index is 5.12. The van der Waals surface area contributed by atoms with Gasteiger partial charge in [-0.3, -0.25) is 0 Å². The Hall–Kier alpha value is -1.52. The highest BCUT2D eigenvalue weighted by atomic mass is 16.5. The lowest BCUT2D eigenvalue weighted by atomic mass is 9.96. The van der Waals surface area contributed by atoms with E-state index in [1.807, 2.05) is 0 Å². The Balaban J connectivity index is 2.07. The lowest BCUT2D eigenvalue weighted by molar-refractivity contribution is 0.371. The van der Waals surface area contributed by atoms with Crippen LogP contribution in [-0.2, 0) is 0 Å². The van der Waals surface area contributed by atoms with E-state index in [9.17, 15) is 0 Å². The van der Waals surface area contributed by atoms with Gasteiger partial charge in [-0.15, -0.1) is 0 Å². The molecule has 5 heteroatoms. The average molecular weight is 237 g/mol. The fourth-order valence-electron chi connectivity index (χ4n) is 2.11. The van der Waals surface area contributed by atoms with Crippen LogP contribution < -0.4 is 14.8 Å². The summed E-state index contributed by atoms with van der Waals surface area (Å²) in [5, 5.41) is 3.35. The summed E-state index contributed by atoms with van der Waals surface area (Å²) in [6, 6.07) is 2.15. The van der Waals surface area contributed by atoms with Crippen molar-refractivity contribution >= 4 is 5.95 Å². The maximum atomic E-state index is 5.12. The molecular formula is C12H19N3O2. The van der Waals surface area contributed by atoms with Crippen LogP contribution in [0.3, 0.4) is 0 Å². The largest absolute Gasteiger partial charge is 0.481 e. The van der Waals surface area contributed by atoms with Gasteiger partial charge in [-0.2, -0.15) is 9.97 Å². The van der Waals surface area contributed by atoms with Gasteiger partial charge in [-0.25, -0.2) is 0 Å². The van der Waals surface area contributed by atoms with Crippen molar-refractivity contribution < 1.29 is 9.47 Å². The lowest BCUT2D eigenvalue weighted by Crippen LogP contribution is -2.23. The van der Waals surface area contributed by atoms with Crippen molar-refractivity contribution in [2.75, 3.05) is 19.5 Å². The molecule has 0 aromatic carbocycles. The molecule has 0 radical (unpaired) electrons. The van der Waals surface area contributed by atoms with Gasteiger partial charge in [0.15, 0.2) is 0 Å². The monoisotopic (exact) mass is 237 g/mol.